The molecule has 3 rings (SSSR count). The number of sulfonamides is 1. The van der Waals surface area contributed by atoms with E-state index in [-0.39, 0.29) is 28.6 Å². The van der Waals surface area contributed by atoms with Gasteiger partial charge in [-0.1, -0.05) is 34.1 Å². The topological polar surface area (TPSA) is 114 Å². The Kier molecular flexibility index (Phi) is 8.48. The second-order valence-electron chi connectivity index (χ2n) is 7.22. The highest BCUT2D eigenvalue weighted by molar-refractivity contribution is 9.10. The van der Waals surface area contributed by atoms with E-state index in [4.69, 9.17) is 4.74 Å². The minimum atomic E-state index is -4.94. The van der Waals surface area contributed by atoms with Crippen LogP contribution in [-0.4, -0.2) is 32.4 Å². The largest absolute Gasteiger partial charge is 0.573 e. The number of alkyl halides is 3. The van der Waals surface area contributed by atoms with Gasteiger partial charge in [-0.3, -0.25) is 9.52 Å². The summed E-state index contributed by atoms with van der Waals surface area (Å²) in [5.74, 6) is -1.48. The molecule has 3 aromatic rings. The summed E-state index contributed by atoms with van der Waals surface area (Å²) >= 11 is 3.26. The van der Waals surface area contributed by atoms with E-state index in [9.17, 15) is 31.5 Å². The van der Waals surface area contributed by atoms with Crippen molar-refractivity contribution in [1.82, 2.24) is 0 Å². The summed E-state index contributed by atoms with van der Waals surface area (Å²) in [6.07, 6.45) is -6.42. The molecular weight excluding hydrogens is 569 g/mol. The van der Waals surface area contributed by atoms with Crippen LogP contribution >= 0.6 is 15.9 Å². The summed E-state index contributed by atoms with van der Waals surface area (Å²) < 4.78 is 75.5. The molecule has 0 heterocycles. The first-order valence-electron chi connectivity index (χ1n) is 10.3. The molecule has 192 valence electrons. The average molecular weight is 589 g/mol. The highest BCUT2D eigenvalue weighted by atomic mass is 79.9. The lowest BCUT2D eigenvalue weighted by molar-refractivity contribution is -0.274. The fraction of sp³-hybridized carbons (Fsp3) is 0.174. The van der Waals surface area contributed by atoms with Crippen LogP contribution in [0.3, 0.4) is 0 Å². The lowest BCUT2D eigenvalue weighted by Crippen LogP contribution is -2.21. The first-order valence-corrected chi connectivity index (χ1v) is 12.6. The fourth-order valence-corrected chi connectivity index (χ4v) is 4.49. The lowest BCUT2D eigenvalue weighted by Gasteiger charge is -2.16. The van der Waals surface area contributed by atoms with Crippen LogP contribution in [0.5, 0.6) is 11.5 Å². The number of anilines is 2. The van der Waals surface area contributed by atoms with E-state index in [2.05, 4.69) is 30.7 Å². The molecule has 8 nitrogen and oxygen atoms in total. The first kappa shape index (κ1) is 27.3. The molecule has 1 atom stereocenters. The van der Waals surface area contributed by atoms with Crippen molar-refractivity contribution in [2.45, 2.75) is 24.3 Å². The van der Waals surface area contributed by atoms with Gasteiger partial charge >= 0.3 is 6.36 Å². The van der Waals surface area contributed by atoms with Gasteiger partial charge in [0.05, 0.1) is 12.3 Å². The number of amides is 1. The molecule has 0 aliphatic rings. The minimum absolute atomic E-state index is 0.0797. The van der Waals surface area contributed by atoms with Crippen LogP contribution < -0.4 is 19.5 Å². The third kappa shape index (κ3) is 7.35. The number of carbonyl (C=O) groups is 1. The van der Waals surface area contributed by atoms with Gasteiger partial charge in [0.1, 0.15) is 16.4 Å². The molecule has 0 bridgehead atoms. The van der Waals surface area contributed by atoms with Crippen molar-refractivity contribution in [3.63, 3.8) is 0 Å². The zero-order valence-electron chi connectivity index (χ0n) is 18.5. The van der Waals surface area contributed by atoms with Crippen molar-refractivity contribution in [2.75, 3.05) is 16.6 Å². The van der Waals surface area contributed by atoms with E-state index in [0.29, 0.717) is 5.56 Å². The van der Waals surface area contributed by atoms with Crippen molar-refractivity contribution in [3.05, 3.63) is 76.8 Å². The molecule has 3 N–H and O–H groups in total. The molecule has 0 fully saturated rings. The number of hydrogen-bond acceptors (Lipinski definition) is 6. The number of hydrogen-bond donors (Lipinski definition) is 3. The highest BCUT2D eigenvalue weighted by Gasteiger charge is 2.31. The minimum Gasteiger partial charge on any atom is -0.492 e. The number of halogens is 4. The van der Waals surface area contributed by atoms with Crippen molar-refractivity contribution < 1.29 is 41.0 Å². The Morgan fingerprint density at radius 3 is 2.39 bits per heavy atom. The van der Waals surface area contributed by atoms with E-state index in [0.717, 1.165) is 22.7 Å². The normalized spacial score (nSPS) is 12.5. The van der Waals surface area contributed by atoms with E-state index in [1.165, 1.54) is 24.3 Å². The summed E-state index contributed by atoms with van der Waals surface area (Å²) in [5.41, 5.74) is 0.328. The van der Waals surface area contributed by atoms with Crippen molar-refractivity contribution >= 4 is 43.2 Å². The third-order valence-corrected chi connectivity index (χ3v) is 6.50. The van der Waals surface area contributed by atoms with Gasteiger partial charge in [-0.05, 0) is 48.9 Å². The monoisotopic (exact) mass is 588 g/mol. The fourth-order valence-electron chi connectivity index (χ4n) is 3.05. The lowest BCUT2D eigenvalue weighted by atomic mass is 10.1. The van der Waals surface area contributed by atoms with Gasteiger partial charge in [-0.25, -0.2) is 8.42 Å². The maximum Gasteiger partial charge on any atom is 0.573 e. The van der Waals surface area contributed by atoms with Crippen molar-refractivity contribution in [1.29, 1.82) is 0 Å². The molecular formula is C23H20BrF3N2O6S. The van der Waals surface area contributed by atoms with E-state index in [1.54, 1.807) is 31.2 Å². The number of carbonyl (C=O) groups excluding carboxylic acids is 1. The zero-order valence-corrected chi connectivity index (χ0v) is 20.9. The van der Waals surface area contributed by atoms with E-state index in [1.807, 2.05) is 0 Å². The Hall–Kier alpha value is -3.29. The molecule has 0 saturated carbocycles. The maximum absolute atomic E-state index is 13.0. The molecule has 0 aromatic heterocycles. The van der Waals surface area contributed by atoms with Crippen LogP contribution in [0.2, 0.25) is 0 Å². The second kappa shape index (κ2) is 11.2. The van der Waals surface area contributed by atoms with Crippen LogP contribution in [-0.2, 0) is 14.8 Å². The van der Waals surface area contributed by atoms with Crippen LogP contribution in [0.4, 0.5) is 24.5 Å². The Morgan fingerprint density at radius 1 is 1.06 bits per heavy atom. The standard InChI is InChI=1S/C23H20BrF3N2O6S/c1-2-34-19-13-16(28-22(31)21(30)14-6-8-15(24)9-7-14)10-11-20(19)36(32,33)29-17-4-3-5-18(12-17)35-23(25,26)27/h3-13,21,29-30H,2H2,1H3,(H,28,31). The molecule has 0 aliphatic heterocycles. The molecule has 1 amide bonds. The van der Waals surface area contributed by atoms with Gasteiger partial charge in [-0.2, -0.15) is 0 Å². The van der Waals surface area contributed by atoms with Crippen LogP contribution in [0.25, 0.3) is 0 Å². The third-order valence-electron chi connectivity index (χ3n) is 4.55. The quantitative estimate of drug-likeness (QED) is 0.316. The molecule has 3 aromatic carbocycles. The number of rotatable bonds is 9. The molecule has 0 aliphatic carbocycles. The van der Waals surface area contributed by atoms with Gasteiger partial charge in [0, 0.05) is 22.3 Å². The summed E-state index contributed by atoms with van der Waals surface area (Å²) in [5, 5.41) is 12.8. The Balaban J connectivity index is 1.82. The highest BCUT2D eigenvalue weighted by Crippen LogP contribution is 2.31. The van der Waals surface area contributed by atoms with Crippen LogP contribution in [0.15, 0.2) is 76.1 Å². The smallest absolute Gasteiger partial charge is 0.492 e. The Bertz CT molecular complexity index is 1330. The predicted molar refractivity (Wildman–Crippen MR) is 129 cm³/mol. The molecule has 0 saturated heterocycles. The van der Waals surface area contributed by atoms with Gasteiger partial charge in [-0.15, -0.1) is 13.2 Å². The molecule has 0 spiro atoms. The van der Waals surface area contributed by atoms with Crippen LogP contribution in [0, 0.1) is 0 Å². The number of ether oxygens (including phenoxy) is 2. The van der Waals surface area contributed by atoms with E-state index < -0.39 is 34.1 Å². The van der Waals surface area contributed by atoms with Crippen LogP contribution in [0.1, 0.15) is 18.6 Å². The zero-order chi connectivity index (χ0) is 26.5. The number of aliphatic hydroxyl groups is 1. The number of nitrogens with one attached hydrogen (secondary N) is 2. The van der Waals surface area contributed by atoms with Gasteiger partial charge < -0.3 is 19.9 Å². The van der Waals surface area contributed by atoms with Gasteiger partial charge in [0.2, 0.25) is 0 Å². The number of aliphatic hydroxyl groups excluding tert-OH is 1. The van der Waals surface area contributed by atoms with Crippen molar-refractivity contribution in [2.24, 2.45) is 0 Å². The SMILES string of the molecule is CCOc1cc(NC(=O)C(O)c2ccc(Br)cc2)ccc1S(=O)(=O)Nc1cccc(OC(F)(F)F)c1. The summed E-state index contributed by atoms with van der Waals surface area (Å²) in [6.45, 7) is 1.70. The summed E-state index contributed by atoms with van der Waals surface area (Å²) in [6, 6.07) is 14.5. The summed E-state index contributed by atoms with van der Waals surface area (Å²) in [4.78, 5) is 12.2. The van der Waals surface area contributed by atoms with Crippen molar-refractivity contribution in [3.8, 4) is 11.5 Å². The molecule has 13 heteroatoms. The number of benzene rings is 3. The molecule has 1 unspecified atom stereocenters. The predicted octanol–water partition coefficient (Wildman–Crippen LogP) is 5.22. The van der Waals surface area contributed by atoms with Gasteiger partial charge in [0.15, 0.2) is 6.10 Å². The Morgan fingerprint density at radius 2 is 1.75 bits per heavy atom. The first-order chi connectivity index (χ1) is 16.9. The second-order valence-corrected chi connectivity index (χ2v) is 9.79. The molecule has 0 radical (unpaired) electrons. The van der Waals surface area contributed by atoms with E-state index >= 15 is 0 Å². The summed E-state index contributed by atoms with van der Waals surface area (Å²) in [7, 11) is -4.31. The van der Waals surface area contributed by atoms with Gasteiger partial charge in [0.25, 0.3) is 15.9 Å². The molecule has 36 heavy (non-hydrogen) atoms. The maximum atomic E-state index is 13.0. The average Bonchev–Trinajstić information content (AvgIpc) is 2.78. The Labute approximate surface area is 213 Å².